The van der Waals surface area contributed by atoms with Gasteiger partial charge in [0.1, 0.15) is 12.4 Å². The Morgan fingerprint density at radius 1 is 1.42 bits per heavy atom. The summed E-state index contributed by atoms with van der Waals surface area (Å²) in [5, 5.41) is 12.0. The van der Waals surface area contributed by atoms with Crippen LogP contribution in [-0.2, 0) is 11.8 Å². The third-order valence-corrected chi connectivity index (χ3v) is 4.53. The molecule has 1 amide bonds. The molecule has 1 unspecified atom stereocenters. The molecule has 0 aliphatic carbocycles. The van der Waals surface area contributed by atoms with Gasteiger partial charge in [0.2, 0.25) is 5.76 Å². The molecule has 8 nitrogen and oxygen atoms in total. The average molecular weight is 333 g/mol. The second-order valence-electron chi connectivity index (χ2n) is 6.04. The number of ether oxygens (including phenoxy) is 1. The molecule has 0 saturated carbocycles. The molecule has 0 N–H and O–H groups in total. The van der Waals surface area contributed by atoms with Gasteiger partial charge >= 0.3 is 0 Å². The molecule has 1 aliphatic rings. The first-order chi connectivity index (χ1) is 11.6. The van der Waals surface area contributed by atoms with Crippen LogP contribution >= 0.6 is 0 Å². The highest BCUT2D eigenvalue weighted by Crippen LogP contribution is 2.25. The highest BCUT2D eigenvalue weighted by Gasteiger charge is 2.30. The van der Waals surface area contributed by atoms with Crippen molar-refractivity contribution < 1.29 is 14.1 Å². The van der Waals surface area contributed by atoms with Gasteiger partial charge in [-0.2, -0.15) is 0 Å². The molecule has 8 heteroatoms. The molecule has 0 bridgehead atoms. The number of rotatable bonds is 5. The lowest BCUT2D eigenvalue weighted by atomic mass is 9.99. The highest BCUT2D eigenvalue weighted by molar-refractivity contribution is 5.91. The van der Waals surface area contributed by atoms with E-state index in [1.54, 1.807) is 21.9 Å². The molecular weight excluding hydrogens is 310 g/mol. The second-order valence-corrected chi connectivity index (χ2v) is 6.04. The smallest absolute Gasteiger partial charge is 0.292 e. The number of hydrogen-bond donors (Lipinski definition) is 0. The molecular formula is C16H23N5O3. The van der Waals surface area contributed by atoms with Gasteiger partial charge < -0.3 is 18.7 Å². The molecule has 1 fully saturated rings. The quantitative estimate of drug-likeness (QED) is 0.831. The van der Waals surface area contributed by atoms with E-state index in [9.17, 15) is 4.79 Å². The summed E-state index contributed by atoms with van der Waals surface area (Å²) in [4.78, 5) is 14.4. The monoisotopic (exact) mass is 333 g/mol. The summed E-state index contributed by atoms with van der Waals surface area (Å²) < 4.78 is 12.8. The van der Waals surface area contributed by atoms with Gasteiger partial charge in [0, 0.05) is 25.6 Å². The maximum Gasteiger partial charge on any atom is 0.292 e. The lowest BCUT2D eigenvalue weighted by molar-refractivity contribution is -0.0291. The summed E-state index contributed by atoms with van der Waals surface area (Å²) in [6.07, 6.45) is 3.29. The molecule has 3 rings (SSSR count). The molecule has 130 valence electrons. The van der Waals surface area contributed by atoms with E-state index in [-0.39, 0.29) is 17.8 Å². The van der Waals surface area contributed by atoms with Crippen molar-refractivity contribution in [2.75, 3.05) is 19.7 Å². The van der Waals surface area contributed by atoms with E-state index in [1.165, 1.54) is 0 Å². The molecule has 1 saturated heterocycles. The second kappa shape index (κ2) is 7.12. The SMILES string of the molecule is CCC(CC)c1cc(C(=O)N2CCOC(c3nncn3C)C2)on1. The van der Waals surface area contributed by atoms with Crippen molar-refractivity contribution >= 4 is 5.91 Å². The Morgan fingerprint density at radius 2 is 2.21 bits per heavy atom. The van der Waals surface area contributed by atoms with Gasteiger partial charge in [-0.3, -0.25) is 4.79 Å². The summed E-state index contributed by atoms with van der Waals surface area (Å²) in [5.41, 5.74) is 0.849. The molecule has 2 aromatic heterocycles. The van der Waals surface area contributed by atoms with Crippen molar-refractivity contribution in [2.24, 2.45) is 7.05 Å². The lowest BCUT2D eigenvalue weighted by Gasteiger charge is -2.31. The Balaban J connectivity index is 1.72. The molecule has 3 heterocycles. The Morgan fingerprint density at radius 3 is 2.88 bits per heavy atom. The van der Waals surface area contributed by atoms with Crippen molar-refractivity contribution in [3.05, 3.63) is 29.7 Å². The van der Waals surface area contributed by atoms with E-state index >= 15 is 0 Å². The summed E-state index contributed by atoms with van der Waals surface area (Å²) in [6.45, 7) is 5.62. The van der Waals surface area contributed by atoms with Gasteiger partial charge in [0.25, 0.3) is 5.91 Å². The van der Waals surface area contributed by atoms with Gasteiger partial charge in [-0.1, -0.05) is 19.0 Å². The number of carbonyl (C=O) groups is 1. The van der Waals surface area contributed by atoms with Crippen LogP contribution in [0.15, 0.2) is 16.9 Å². The largest absolute Gasteiger partial charge is 0.366 e. The molecule has 0 aromatic carbocycles. The van der Waals surface area contributed by atoms with Crippen molar-refractivity contribution in [3.8, 4) is 0 Å². The zero-order valence-corrected chi connectivity index (χ0v) is 14.3. The van der Waals surface area contributed by atoms with Crippen LogP contribution < -0.4 is 0 Å². The number of aryl methyl sites for hydroxylation is 1. The summed E-state index contributed by atoms with van der Waals surface area (Å²) in [6, 6.07) is 1.77. The van der Waals surface area contributed by atoms with E-state index in [0.717, 1.165) is 18.5 Å². The standard InChI is InChI=1S/C16H23N5O3/c1-4-11(5-2)12-8-13(24-19-12)16(22)21-6-7-23-14(9-21)15-18-17-10-20(15)3/h8,10-11,14H,4-7,9H2,1-3H3. The number of hydrogen-bond acceptors (Lipinski definition) is 6. The number of carbonyl (C=O) groups excluding carboxylic acids is 1. The Bertz CT molecular complexity index is 691. The van der Waals surface area contributed by atoms with Crippen molar-refractivity contribution in [2.45, 2.75) is 38.7 Å². The maximum absolute atomic E-state index is 12.7. The van der Waals surface area contributed by atoms with Gasteiger partial charge in [-0.15, -0.1) is 10.2 Å². The minimum atomic E-state index is -0.281. The number of nitrogens with zero attached hydrogens (tertiary/aromatic N) is 5. The van der Waals surface area contributed by atoms with Gasteiger partial charge in [-0.05, 0) is 12.8 Å². The number of amides is 1. The Hall–Kier alpha value is -2.22. The van der Waals surface area contributed by atoms with E-state index in [2.05, 4.69) is 29.2 Å². The van der Waals surface area contributed by atoms with Crippen LogP contribution in [0.25, 0.3) is 0 Å². The summed E-state index contributed by atoms with van der Waals surface area (Å²) >= 11 is 0. The molecule has 2 aromatic rings. The van der Waals surface area contributed by atoms with E-state index in [1.807, 2.05) is 7.05 Å². The van der Waals surface area contributed by atoms with E-state index in [0.29, 0.717) is 31.4 Å². The maximum atomic E-state index is 12.7. The minimum Gasteiger partial charge on any atom is -0.366 e. The Labute approximate surface area is 140 Å². The average Bonchev–Trinajstić information content (AvgIpc) is 3.25. The molecule has 1 aliphatic heterocycles. The third-order valence-electron chi connectivity index (χ3n) is 4.53. The van der Waals surface area contributed by atoms with Crippen molar-refractivity contribution in [1.82, 2.24) is 24.8 Å². The van der Waals surface area contributed by atoms with Crippen LogP contribution in [0.4, 0.5) is 0 Å². The van der Waals surface area contributed by atoms with Crippen molar-refractivity contribution in [1.29, 1.82) is 0 Å². The van der Waals surface area contributed by atoms with Crippen LogP contribution in [0.2, 0.25) is 0 Å². The first-order valence-electron chi connectivity index (χ1n) is 8.35. The molecule has 0 radical (unpaired) electrons. The normalized spacial score (nSPS) is 18.3. The molecule has 1 atom stereocenters. The number of aromatic nitrogens is 4. The lowest BCUT2D eigenvalue weighted by Crippen LogP contribution is -2.42. The van der Waals surface area contributed by atoms with Crippen LogP contribution in [0.5, 0.6) is 0 Å². The van der Waals surface area contributed by atoms with Gasteiger partial charge in [-0.25, -0.2) is 0 Å². The number of morpholine rings is 1. The first-order valence-corrected chi connectivity index (χ1v) is 8.35. The topological polar surface area (TPSA) is 86.3 Å². The van der Waals surface area contributed by atoms with Crippen molar-refractivity contribution in [3.63, 3.8) is 0 Å². The fourth-order valence-electron chi connectivity index (χ4n) is 3.02. The van der Waals surface area contributed by atoms with Crippen LogP contribution in [0.1, 0.15) is 60.8 Å². The predicted octanol–water partition coefficient (Wildman–Crippen LogP) is 1.92. The molecule has 24 heavy (non-hydrogen) atoms. The summed E-state index contributed by atoms with van der Waals surface area (Å²) in [7, 11) is 1.86. The Kier molecular flexibility index (Phi) is 4.94. The highest BCUT2D eigenvalue weighted by atomic mass is 16.5. The van der Waals surface area contributed by atoms with E-state index < -0.39 is 0 Å². The predicted molar refractivity (Wildman–Crippen MR) is 85.4 cm³/mol. The van der Waals surface area contributed by atoms with Gasteiger partial charge in [0.05, 0.1) is 18.8 Å². The van der Waals surface area contributed by atoms with Crippen LogP contribution in [0, 0.1) is 0 Å². The first kappa shape index (κ1) is 16.6. The fourth-order valence-corrected chi connectivity index (χ4v) is 3.02. The third kappa shape index (κ3) is 3.19. The van der Waals surface area contributed by atoms with E-state index in [4.69, 9.17) is 9.26 Å². The summed E-state index contributed by atoms with van der Waals surface area (Å²) in [5.74, 6) is 1.17. The van der Waals surface area contributed by atoms with Crippen LogP contribution in [-0.4, -0.2) is 50.4 Å². The molecule has 0 spiro atoms. The zero-order chi connectivity index (χ0) is 17.1. The van der Waals surface area contributed by atoms with Crippen LogP contribution in [0.3, 0.4) is 0 Å². The minimum absolute atomic E-state index is 0.157. The fraction of sp³-hybridized carbons (Fsp3) is 0.625. The van der Waals surface area contributed by atoms with Gasteiger partial charge in [0.15, 0.2) is 5.82 Å². The zero-order valence-electron chi connectivity index (χ0n) is 14.3.